The predicted molar refractivity (Wildman–Crippen MR) is 70.8 cm³/mol. The number of esters is 1. The highest BCUT2D eigenvalue weighted by atomic mass is 16.5. The average Bonchev–Trinajstić information content (AvgIpc) is 2.48. The number of carbonyl (C=O) groups is 1. The Kier molecular flexibility index (Phi) is 4.93. The number of aliphatic hydroxyl groups excluding tert-OH is 1. The summed E-state index contributed by atoms with van der Waals surface area (Å²) in [5.74, 6) is -0.0798. The van der Waals surface area contributed by atoms with E-state index in [1.165, 1.54) is 5.56 Å². The number of benzene rings is 1. The van der Waals surface area contributed by atoms with Gasteiger partial charge in [0.2, 0.25) is 0 Å². The molecule has 1 unspecified atom stereocenters. The molecule has 1 N–H and O–H groups in total. The molecule has 19 heavy (non-hydrogen) atoms. The van der Waals surface area contributed by atoms with E-state index < -0.39 is 12.1 Å². The minimum atomic E-state index is -1.19. The second kappa shape index (κ2) is 6.68. The molecule has 0 aromatic heterocycles. The third kappa shape index (κ3) is 3.55. The van der Waals surface area contributed by atoms with Gasteiger partial charge in [0.1, 0.15) is 0 Å². The SMILES string of the molecule is CCOC(=O)C(O)c1ccc(C2CCOCC2)cc1. The lowest BCUT2D eigenvalue weighted by atomic mass is 9.91. The lowest BCUT2D eigenvalue weighted by Crippen LogP contribution is -2.16. The predicted octanol–water partition coefficient (Wildman–Crippen LogP) is 2.18. The van der Waals surface area contributed by atoms with Gasteiger partial charge in [0.25, 0.3) is 0 Å². The van der Waals surface area contributed by atoms with Crippen molar-refractivity contribution < 1.29 is 19.4 Å². The van der Waals surface area contributed by atoms with Crippen LogP contribution in [-0.2, 0) is 14.3 Å². The summed E-state index contributed by atoms with van der Waals surface area (Å²) in [6, 6.07) is 7.56. The van der Waals surface area contributed by atoms with Crippen molar-refractivity contribution >= 4 is 5.97 Å². The van der Waals surface area contributed by atoms with Gasteiger partial charge in [-0.3, -0.25) is 0 Å². The van der Waals surface area contributed by atoms with Gasteiger partial charge >= 0.3 is 5.97 Å². The zero-order valence-corrected chi connectivity index (χ0v) is 11.2. The van der Waals surface area contributed by atoms with Crippen LogP contribution in [0.4, 0.5) is 0 Å². The molecule has 4 nitrogen and oxygen atoms in total. The molecule has 0 spiro atoms. The smallest absolute Gasteiger partial charge is 0.339 e. The molecule has 0 radical (unpaired) electrons. The molecule has 1 atom stereocenters. The number of aliphatic hydroxyl groups is 1. The number of rotatable bonds is 4. The van der Waals surface area contributed by atoms with Crippen molar-refractivity contribution in [2.24, 2.45) is 0 Å². The van der Waals surface area contributed by atoms with Crippen LogP contribution in [0.1, 0.15) is 42.9 Å². The zero-order valence-electron chi connectivity index (χ0n) is 11.2. The summed E-state index contributed by atoms with van der Waals surface area (Å²) in [7, 11) is 0. The second-order valence-electron chi connectivity index (χ2n) is 4.71. The number of hydrogen-bond donors (Lipinski definition) is 1. The van der Waals surface area contributed by atoms with Gasteiger partial charge in [0, 0.05) is 13.2 Å². The van der Waals surface area contributed by atoms with Gasteiger partial charge in [-0.05, 0) is 36.8 Å². The quantitative estimate of drug-likeness (QED) is 0.847. The molecule has 2 rings (SSSR count). The van der Waals surface area contributed by atoms with Crippen LogP contribution in [0.25, 0.3) is 0 Å². The van der Waals surface area contributed by atoms with Gasteiger partial charge in [-0.2, -0.15) is 0 Å². The first-order chi connectivity index (χ1) is 9.22. The topological polar surface area (TPSA) is 55.8 Å². The monoisotopic (exact) mass is 264 g/mol. The normalized spacial score (nSPS) is 18.0. The fraction of sp³-hybridized carbons (Fsp3) is 0.533. The van der Waals surface area contributed by atoms with Crippen LogP contribution >= 0.6 is 0 Å². The Morgan fingerprint density at radius 2 is 2.00 bits per heavy atom. The van der Waals surface area contributed by atoms with Crippen LogP contribution in [0.15, 0.2) is 24.3 Å². The Balaban J connectivity index is 2.03. The Labute approximate surface area is 113 Å². The van der Waals surface area contributed by atoms with Crippen molar-refractivity contribution in [1.29, 1.82) is 0 Å². The van der Waals surface area contributed by atoms with Crippen molar-refractivity contribution in [2.45, 2.75) is 31.8 Å². The summed E-state index contributed by atoms with van der Waals surface area (Å²) in [5.41, 5.74) is 1.82. The Morgan fingerprint density at radius 3 is 2.58 bits per heavy atom. The number of hydrogen-bond acceptors (Lipinski definition) is 4. The van der Waals surface area contributed by atoms with Crippen molar-refractivity contribution in [3.63, 3.8) is 0 Å². The summed E-state index contributed by atoms with van der Waals surface area (Å²) in [4.78, 5) is 11.4. The molecule has 0 aliphatic carbocycles. The molecule has 104 valence electrons. The highest BCUT2D eigenvalue weighted by Crippen LogP contribution is 2.27. The molecule has 0 amide bonds. The Hall–Kier alpha value is -1.39. The molecule has 1 fully saturated rings. The molecule has 0 saturated carbocycles. The molecule has 1 aliphatic heterocycles. The molecule has 1 aliphatic rings. The standard InChI is InChI=1S/C15H20O4/c1-2-19-15(17)14(16)13-5-3-11(4-6-13)12-7-9-18-10-8-12/h3-6,12,14,16H,2,7-10H2,1H3. The lowest BCUT2D eigenvalue weighted by molar-refractivity contribution is -0.153. The minimum Gasteiger partial charge on any atom is -0.464 e. The van der Waals surface area contributed by atoms with Crippen molar-refractivity contribution in [3.05, 3.63) is 35.4 Å². The first kappa shape index (κ1) is 14.0. The van der Waals surface area contributed by atoms with E-state index in [2.05, 4.69) is 0 Å². The largest absolute Gasteiger partial charge is 0.464 e. The zero-order chi connectivity index (χ0) is 13.7. The van der Waals surface area contributed by atoms with E-state index in [1.54, 1.807) is 19.1 Å². The van der Waals surface area contributed by atoms with E-state index in [0.29, 0.717) is 11.5 Å². The summed E-state index contributed by atoms with van der Waals surface area (Å²) in [6.07, 6.45) is 0.864. The van der Waals surface area contributed by atoms with E-state index in [0.717, 1.165) is 26.1 Å². The van der Waals surface area contributed by atoms with Crippen LogP contribution < -0.4 is 0 Å². The van der Waals surface area contributed by atoms with Gasteiger partial charge in [-0.25, -0.2) is 4.79 Å². The van der Waals surface area contributed by atoms with E-state index in [-0.39, 0.29) is 6.61 Å². The first-order valence-electron chi connectivity index (χ1n) is 6.74. The third-order valence-corrected chi connectivity index (χ3v) is 3.45. The molecule has 1 heterocycles. The van der Waals surface area contributed by atoms with Gasteiger partial charge in [-0.15, -0.1) is 0 Å². The minimum absolute atomic E-state index is 0.274. The highest BCUT2D eigenvalue weighted by molar-refractivity contribution is 5.76. The van der Waals surface area contributed by atoms with Crippen LogP contribution in [-0.4, -0.2) is 30.9 Å². The Morgan fingerprint density at radius 1 is 1.37 bits per heavy atom. The van der Waals surface area contributed by atoms with Crippen molar-refractivity contribution in [1.82, 2.24) is 0 Å². The maximum atomic E-state index is 11.4. The van der Waals surface area contributed by atoms with Gasteiger partial charge < -0.3 is 14.6 Å². The molecule has 0 bridgehead atoms. The Bertz CT molecular complexity index is 407. The number of carbonyl (C=O) groups excluding carboxylic acids is 1. The van der Waals surface area contributed by atoms with Crippen LogP contribution in [0, 0.1) is 0 Å². The number of ether oxygens (including phenoxy) is 2. The van der Waals surface area contributed by atoms with E-state index in [9.17, 15) is 9.90 Å². The van der Waals surface area contributed by atoms with E-state index in [1.807, 2.05) is 12.1 Å². The maximum absolute atomic E-state index is 11.4. The summed E-state index contributed by atoms with van der Waals surface area (Å²) in [5, 5.41) is 9.83. The van der Waals surface area contributed by atoms with Crippen molar-refractivity contribution in [3.8, 4) is 0 Å². The van der Waals surface area contributed by atoms with Gasteiger partial charge in [0.05, 0.1) is 6.61 Å². The maximum Gasteiger partial charge on any atom is 0.339 e. The molecule has 4 heteroatoms. The molecule has 1 aromatic carbocycles. The van der Waals surface area contributed by atoms with Crippen molar-refractivity contribution in [2.75, 3.05) is 19.8 Å². The lowest BCUT2D eigenvalue weighted by Gasteiger charge is -2.22. The molecular weight excluding hydrogens is 244 g/mol. The second-order valence-corrected chi connectivity index (χ2v) is 4.71. The molecular formula is C15H20O4. The van der Waals surface area contributed by atoms with Crippen LogP contribution in [0.5, 0.6) is 0 Å². The summed E-state index contributed by atoms with van der Waals surface area (Å²) in [6.45, 7) is 3.60. The molecule has 1 aromatic rings. The van der Waals surface area contributed by atoms with Crippen LogP contribution in [0.3, 0.4) is 0 Å². The fourth-order valence-electron chi connectivity index (χ4n) is 2.34. The van der Waals surface area contributed by atoms with Gasteiger partial charge in [-0.1, -0.05) is 24.3 Å². The summed E-state index contributed by atoms with van der Waals surface area (Å²) < 4.78 is 10.1. The van der Waals surface area contributed by atoms with E-state index in [4.69, 9.17) is 9.47 Å². The first-order valence-corrected chi connectivity index (χ1v) is 6.74. The fourth-order valence-corrected chi connectivity index (χ4v) is 2.34. The summed E-state index contributed by atoms with van der Waals surface area (Å²) >= 11 is 0. The highest BCUT2D eigenvalue weighted by Gasteiger charge is 2.20. The molecule has 1 saturated heterocycles. The van der Waals surface area contributed by atoms with Gasteiger partial charge in [0.15, 0.2) is 6.10 Å². The third-order valence-electron chi connectivity index (χ3n) is 3.45. The average molecular weight is 264 g/mol. The van der Waals surface area contributed by atoms with E-state index >= 15 is 0 Å². The van der Waals surface area contributed by atoms with Crippen LogP contribution in [0.2, 0.25) is 0 Å².